The first-order chi connectivity index (χ1) is 20.7. The van der Waals surface area contributed by atoms with Gasteiger partial charge in [0, 0.05) is 55.5 Å². The number of carbonyl (C=O) groups excluding carboxylic acids is 2. The first-order valence-electron chi connectivity index (χ1n) is 14.2. The normalized spacial score (nSPS) is 16.4. The Morgan fingerprint density at radius 2 is 1.77 bits per heavy atom. The Labute approximate surface area is 250 Å². The van der Waals surface area contributed by atoms with Gasteiger partial charge in [-0.15, -0.1) is 0 Å². The van der Waals surface area contributed by atoms with Crippen LogP contribution in [0.2, 0.25) is 0 Å². The van der Waals surface area contributed by atoms with Gasteiger partial charge in [0.25, 0.3) is 5.91 Å². The smallest absolute Gasteiger partial charge is 0.322 e. The summed E-state index contributed by atoms with van der Waals surface area (Å²) in [6, 6.07) is 10.6. The quantitative estimate of drug-likeness (QED) is 0.272. The van der Waals surface area contributed by atoms with Crippen molar-refractivity contribution in [2.45, 2.75) is 32.5 Å². The summed E-state index contributed by atoms with van der Waals surface area (Å²) in [5.41, 5.74) is 1.26. The highest BCUT2D eigenvalue weighted by molar-refractivity contribution is 7.21. The van der Waals surface area contributed by atoms with E-state index < -0.39 is 17.6 Å². The molecule has 2 aromatic carbocycles. The number of thiazole rings is 1. The lowest BCUT2D eigenvalue weighted by molar-refractivity contribution is -0.138. The molecule has 1 aliphatic heterocycles. The Balaban J connectivity index is 1.17. The molecule has 1 saturated carbocycles. The Morgan fingerprint density at radius 1 is 1.00 bits per heavy atom. The lowest BCUT2D eigenvalue weighted by Crippen LogP contribution is -2.45. The molecule has 4 aromatic rings. The molecule has 3 heterocycles. The Morgan fingerprint density at radius 3 is 2.49 bits per heavy atom. The molecule has 2 amide bonds. The number of amides is 2. The van der Waals surface area contributed by atoms with Crippen molar-refractivity contribution in [2.75, 3.05) is 43.4 Å². The lowest BCUT2D eigenvalue weighted by atomic mass is 10.0. The highest BCUT2D eigenvalue weighted by Gasteiger charge is 2.34. The van der Waals surface area contributed by atoms with Crippen LogP contribution in [0.5, 0.6) is 0 Å². The van der Waals surface area contributed by atoms with Crippen LogP contribution in [0.15, 0.2) is 48.7 Å². The van der Waals surface area contributed by atoms with Crippen molar-refractivity contribution in [1.82, 2.24) is 24.8 Å². The number of alkyl halides is 3. The molecule has 0 spiro atoms. The second-order valence-corrected chi connectivity index (χ2v) is 11.8. The fraction of sp³-hybridized carbons (Fsp3) is 0.367. The number of aromatic nitrogens is 3. The summed E-state index contributed by atoms with van der Waals surface area (Å²) in [5.74, 6) is -0.557. The van der Waals surface area contributed by atoms with E-state index in [0.717, 1.165) is 38.5 Å². The Bertz CT molecular complexity index is 1660. The number of benzene rings is 2. The van der Waals surface area contributed by atoms with E-state index in [2.05, 4.69) is 37.4 Å². The summed E-state index contributed by atoms with van der Waals surface area (Å²) < 4.78 is 42.1. The van der Waals surface area contributed by atoms with Crippen LogP contribution in [0.4, 0.5) is 24.0 Å². The van der Waals surface area contributed by atoms with Crippen molar-refractivity contribution in [2.24, 2.45) is 5.92 Å². The number of rotatable bonds is 8. The standard InChI is InChI=1S/C30H30F3N7O2S/c1-2-39-10-12-40(13-11-39)17-21-8-9-22(15-23(21)30(31,32)33)35-27(42)20-5-3-4-19(14-20)24-16-34-25-28(36-24)43-29(37-25)38-26(41)18-6-7-18/h3-5,8-9,14-16,18H,2,6-7,10-13,17H2,1H3,(H,35,42)(H,34,37,38,41). The third kappa shape index (κ3) is 6.84. The fourth-order valence-electron chi connectivity index (χ4n) is 5.05. The van der Waals surface area contributed by atoms with Crippen LogP contribution in [-0.2, 0) is 17.5 Å². The summed E-state index contributed by atoms with van der Waals surface area (Å²) in [6.07, 6.45) is -1.27. The van der Waals surface area contributed by atoms with Crippen molar-refractivity contribution < 1.29 is 22.8 Å². The second-order valence-electron chi connectivity index (χ2n) is 10.8. The molecule has 0 radical (unpaired) electrons. The monoisotopic (exact) mass is 609 g/mol. The van der Waals surface area contributed by atoms with Gasteiger partial charge in [0.2, 0.25) is 5.91 Å². The maximum atomic E-state index is 14.0. The minimum Gasteiger partial charge on any atom is -0.322 e. The van der Waals surface area contributed by atoms with Crippen LogP contribution < -0.4 is 10.6 Å². The summed E-state index contributed by atoms with van der Waals surface area (Å²) in [7, 11) is 0. The van der Waals surface area contributed by atoms with E-state index in [-0.39, 0.29) is 35.2 Å². The van der Waals surface area contributed by atoms with Gasteiger partial charge < -0.3 is 15.5 Å². The van der Waals surface area contributed by atoms with Crippen molar-refractivity contribution >= 4 is 44.4 Å². The molecule has 2 aromatic heterocycles. The molecular weight excluding hydrogens is 579 g/mol. The largest absolute Gasteiger partial charge is 0.416 e. The number of nitrogens with one attached hydrogen (secondary N) is 2. The van der Waals surface area contributed by atoms with Crippen LogP contribution in [-0.4, -0.2) is 69.3 Å². The van der Waals surface area contributed by atoms with Crippen LogP contribution in [0, 0.1) is 5.92 Å². The van der Waals surface area contributed by atoms with Gasteiger partial charge in [-0.25, -0.2) is 9.97 Å². The van der Waals surface area contributed by atoms with Crippen LogP contribution in [0.1, 0.15) is 41.3 Å². The SMILES string of the molecule is CCN1CCN(Cc2ccc(NC(=O)c3cccc(-c4cnc5nc(NC(=O)C6CC6)sc5n4)c3)cc2C(F)(F)F)CC1. The number of nitrogens with zero attached hydrogens (tertiary/aromatic N) is 5. The van der Waals surface area contributed by atoms with E-state index in [4.69, 9.17) is 0 Å². The summed E-state index contributed by atoms with van der Waals surface area (Å²) >= 11 is 1.22. The second kappa shape index (κ2) is 12.0. The highest BCUT2D eigenvalue weighted by atomic mass is 32.1. The predicted octanol–water partition coefficient (Wildman–Crippen LogP) is 5.51. The number of piperazine rings is 1. The summed E-state index contributed by atoms with van der Waals surface area (Å²) in [5, 5.41) is 5.85. The molecule has 9 nitrogen and oxygen atoms in total. The number of likely N-dealkylation sites (N-methyl/N-ethyl adjacent to an activating group) is 1. The van der Waals surface area contributed by atoms with Crippen molar-refractivity contribution in [3.05, 3.63) is 65.4 Å². The number of halogens is 3. The summed E-state index contributed by atoms with van der Waals surface area (Å²) in [4.78, 5) is 43.3. The number of hydrogen-bond donors (Lipinski definition) is 2. The zero-order chi connectivity index (χ0) is 30.1. The Kier molecular flexibility index (Phi) is 8.12. The molecule has 1 aliphatic carbocycles. The third-order valence-corrected chi connectivity index (χ3v) is 8.56. The minimum atomic E-state index is -4.56. The Hall–Kier alpha value is -3.94. The van der Waals surface area contributed by atoms with E-state index in [1.807, 2.05) is 4.90 Å². The summed E-state index contributed by atoms with van der Waals surface area (Å²) in [6.45, 7) is 6.27. The maximum absolute atomic E-state index is 14.0. The van der Waals surface area contributed by atoms with Crippen molar-refractivity contribution in [3.8, 4) is 11.3 Å². The van der Waals surface area contributed by atoms with Gasteiger partial charge >= 0.3 is 6.18 Å². The van der Waals surface area contributed by atoms with E-state index >= 15 is 0 Å². The number of hydrogen-bond acceptors (Lipinski definition) is 8. The molecule has 224 valence electrons. The van der Waals surface area contributed by atoms with Gasteiger partial charge in [-0.3, -0.25) is 14.5 Å². The molecule has 6 rings (SSSR count). The van der Waals surface area contributed by atoms with Gasteiger partial charge in [0.15, 0.2) is 15.6 Å². The molecule has 43 heavy (non-hydrogen) atoms. The number of fused-ring (bicyclic) bond motifs is 1. The van der Waals surface area contributed by atoms with Crippen molar-refractivity contribution in [3.63, 3.8) is 0 Å². The van der Waals surface area contributed by atoms with Gasteiger partial charge in [0.1, 0.15) is 0 Å². The van der Waals surface area contributed by atoms with Gasteiger partial charge in [-0.1, -0.05) is 36.5 Å². The van der Waals surface area contributed by atoms with E-state index in [1.165, 1.54) is 29.7 Å². The number of carbonyl (C=O) groups is 2. The zero-order valence-corrected chi connectivity index (χ0v) is 24.3. The molecule has 2 fully saturated rings. The average molecular weight is 610 g/mol. The number of anilines is 2. The predicted molar refractivity (Wildman–Crippen MR) is 159 cm³/mol. The molecule has 0 atom stereocenters. The third-order valence-electron chi connectivity index (χ3n) is 7.70. The van der Waals surface area contributed by atoms with Crippen LogP contribution >= 0.6 is 11.3 Å². The molecule has 1 saturated heterocycles. The average Bonchev–Trinajstić information content (AvgIpc) is 3.78. The molecular formula is C30H30F3N7O2S. The van der Waals surface area contributed by atoms with Crippen molar-refractivity contribution in [1.29, 1.82) is 0 Å². The van der Waals surface area contributed by atoms with Gasteiger partial charge in [-0.2, -0.15) is 18.2 Å². The van der Waals surface area contributed by atoms with E-state index in [9.17, 15) is 22.8 Å². The molecule has 2 N–H and O–H groups in total. The minimum absolute atomic E-state index is 0.0437. The van der Waals surface area contributed by atoms with E-state index in [0.29, 0.717) is 40.0 Å². The van der Waals surface area contributed by atoms with Crippen LogP contribution in [0.3, 0.4) is 0 Å². The lowest BCUT2D eigenvalue weighted by Gasteiger charge is -2.34. The molecule has 0 bridgehead atoms. The zero-order valence-electron chi connectivity index (χ0n) is 23.4. The molecule has 0 unspecified atom stereocenters. The fourth-order valence-corrected chi connectivity index (χ4v) is 5.85. The molecule has 13 heteroatoms. The molecule has 2 aliphatic rings. The maximum Gasteiger partial charge on any atom is 0.416 e. The van der Waals surface area contributed by atoms with E-state index in [1.54, 1.807) is 24.3 Å². The van der Waals surface area contributed by atoms with Crippen LogP contribution in [0.25, 0.3) is 21.7 Å². The van der Waals surface area contributed by atoms with Gasteiger partial charge in [-0.05, 0) is 49.2 Å². The highest BCUT2D eigenvalue weighted by Crippen LogP contribution is 2.35. The van der Waals surface area contributed by atoms with Gasteiger partial charge in [0.05, 0.1) is 17.5 Å². The topological polar surface area (TPSA) is 103 Å². The first kappa shape index (κ1) is 29.1. The first-order valence-corrected chi connectivity index (χ1v) is 15.0.